The molecule has 6 heteroatoms. The first kappa shape index (κ1) is 30.9. The van der Waals surface area contributed by atoms with Crippen molar-refractivity contribution >= 4 is 23.1 Å². The van der Waals surface area contributed by atoms with Crippen molar-refractivity contribution in [1.29, 1.82) is 0 Å². The third-order valence-electron chi connectivity index (χ3n) is 10.2. The summed E-state index contributed by atoms with van der Waals surface area (Å²) in [6.45, 7) is 11.1. The smallest absolute Gasteiger partial charge is 0.334 e. The molecular weight excluding hydrogens is 636 g/mol. The molecule has 2 aliphatic carbocycles. The highest BCUT2D eigenvalue weighted by Crippen LogP contribution is 2.58. The summed E-state index contributed by atoms with van der Waals surface area (Å²) in [6.07, 6.45) is 1.61. The normalized spacial score (nSPS) is 18.6. The maximum atomic E-state index is 13.8. The number of hydrogen-bond acceptors (Lipinski definition) is 6. The lowest BCUT2D eigenvalue weighted by molar-refractivity contribution is -0.164. The summed E-state index contributed by atoms with van der Waals surface area (Å²) < 4.78 is 25.4. The Bertz CT molecular complexity index is 2540. The van der Waals surface area contributed by atoms with Crippen LogP contribution in [-0.2, 0) is 30.3 Å². The van der Waals surface area contributed by atoms with Gasteiger partial charge in [0.1, 0.15) is 11.2 Å². The molecule has 0 aliphatic heterocycles. The molecule has 0 amide bonds. The van der Waals surface area contributed by atoms with E-state index in [2.05, 4.69) is 55.1 Å². The second-order valence-electron chi connectivity index (χ2n) is 14.5. The van der Waals surface area contributed by atoms with E-state index in [0.29, 0.717) is 22.5 Å². The Balaban J connectivity index is 1.28. The van der Waals surface area contributed by atoms with E-state index >= 15 is 0 Å². The van der Waals surface area contributed by atoms with Crippen molar-refractivity contribution in [2.24, 2.45) is 5.41 Å². The molecule has 3 aromatic heterocycles. The third kappa shape index (κ3) is 4.29. The van der Waals surface area contributed by atoms with Crippen molar-refractivity contribution in [3.05, 3.63) is 167 Å². The van der Waals surface area contributed by atoms with E-state index in [1.165, 1.54) is 0 Å². The number of ether oxygens (including phenoxy) is 2. The van der Waals surface area contributed by atoms with E-state index in [4.69, 9.17) is 18.3 Å². The fourth-order valence-corrected chi connectivity index (χ4v) is 7.78. The SMILES string of the molecule is C=C(C)C(=O)OC1(c2cc3ccc2o3)c2ccccc2-c2ccc(-c3ccc4c(c3)C(OC(=O)C(C)(C)C)(c3ccco3)c3ccccc3-4)cc21. The molecule has 0 radical (unpaired) electrons. The van der Waals surface area contributed by atoms with Gasteiger partial charge in [0.15, 0.2) is 11.4 Å². The Morgan fingerprint density at radius 2 is 1.22 bits per heavy atom. The van der Waals surface area contributed by atoms with Crippen LogP contribution in [0.3, 0.4) is 0 Å². The van der Waals surface area contributed by atoms with Gasteiger partial charge in [0.05, 0.1) is 17.2 Å². The predicted molar refractivity (Wildman–Crippen MR) is 195 cm³/mol. The third-order valence-corrected chi connectivity index (χ3v) is 10.2. The minimum absolute atomic E-state index is 0.298. The molecule has 0 fully saturated rings. The number of fused-ring (bicyclic) bond motifs is 8. The lowest BCUT2D eigenvalue weighted by Crippen LogP contribution is -2.37. The summed E-state index contributed by atoms with van der Waals surface area (Å²) in [5.74, 6) is -0.331. The van der Waals surface area contributed by atoms with Crippen LogP contribution >= 0.6 is 0 Å². The highest BCUT2D eigenvalue weighted by Gasteiger charge is 2.53. The second-order valence-corrected chi connectivity index (χ2v) is 14.5. The summed E-state index contributed by atoms with van der Waals surface area (Å²) in [6, 6.07) is 38.0. The van der Waals surface area contributed by atoms with Crippen LogP contribution in [0.15, 0.2) is 143 Å². The quantitative estimate of drug-likeness (QED) is 0.129. The van der Waals surface area contributed by atoms with Gasteiger partial charge in [-0.3, -0.25) is 4.79 Å². The summed E-state index contributed by atoms with van der Waals surface area (Å²) in [7, 11) is 0. The molecule has 7 aromatic rings. The van der Waals surface area contributed by atoms with Gasteiger partial charge in [0.2, 0.25) is 5.60 Å². The Morgan fingerprint density at radius 3 is 1.75 bits per heavy atom. The number of esters is 2. The van der Waals surface area contributed by atoms with Gasteiger partial charge >= 0.3 is 11.9 Å². The van der Waals surface area contributed by atoms with Crippen LogP contribution in [-0.4, -0.2) is 11.9 Å². The van der Waals surface area contributed by atoms with Crippen molar-refractivity contribution in [3.63, 3.8) is 0 Å². The van der Waals surface area contributed by atoms with Gasteiger partial charge in [-0.15, -0.1) is 0 Å². The van der Waals surface area contributed by atoms with E-state index in [1.807, 2.05) is 87.5 Å². The Hall–Kier alpha value is -6.14. The first-order chi connectivity index (χ1) is 24.5. The van der Waals surface area contributed by atoms with Crippen molar-refractivity contribution in [1.82, 2.24) is 0 Å². The molecule has 51 heavy (non-hydrogen) atoms. The lowest BCUT2D eigenvalue weighted by atomic mass is 9.82. The van der Waals surface area contributed by atoms with Crippen LogP contribution in [0.5, 0.6) is 0 Å². The van der Waals surface area contributed by atoms with Crippen molar-refractivity contribution < 1.29 is 27.9 Å². The lowest BCUT2D eigenvalue weighted by Gasteiger charge is -2.33. The highest BCUT2D eigenvalue weighted by atomic mass is 16.6. The van der Waals surface area contributed by atoms with E-state index in [0.717, 1.165) is 61.2 Å². The average Bonchev–Trinajstić information content (AvgIpc) is 3.97. The second kappa shape index (κ2) is 10.7. The first-order valence-electron chi connectivity index (χ1n) is 17.0. The molecule has 2 bridgehead atoms. The van der Waals surface area contributed by atoms with Crippen molar-refractivity contribution in [2.75, 3.05) is 0 Å². The number of rotatable bonds is 6. The summed E-state index contributed by atoms with van der Waals surface area (Å²) in [5, 5.41) is 0. The fraction of sp³-hybridized carbons (Fsp3) is 0.156. The zero-order chi connectivity index (χ0) is 35.3. The van der Waals surface area contributed by atoms with Crippen LogP contribution in [0.25, 0.3) is 44.5 Å². The summed E-state index contributed by atoms with van der Waals surface area (Å²) >= 11 is 0. The standard InChI is InChI=1S/C45H34O6/c1-26(2)41(46)50-44(38-25-29-18-21-39(38)49-29)34-13-8-6-11-30(34)32-19-16-27(23-36(32)44)28-17-20-33-31-12-7-9-14-35(31)45(37(33)24-28,40-15-10-22-48-40)51-42(47)43(3,4)5/h6-25H,1H2,2-5H3. The molecule has 4 aromatic carbocycles. The number of carbonyl (C=O) groups excluding carboxylic acids is 2. The monoisotopic (exact) mass is 670 g/mol. The summed E-state index contributed by atoms with van der Waals surface area (Å²) in [5.41, 5.74) is 8.00. The number of furan rings is 3. The number of hydrogen-bond donors (Lipinski definition) is 0. The number of benzene rings is 5. The van der Waals surface area contributed by atoms with E-state index in [-0.39, 0.29) is 5.97 Å². The van der Waals surface area contributed by atoms with Crippen LogP contribution in [0.1, 0.15) is 61.3 Å². The van der Waals surface area contributed by atoms with Gasteiger partial charge in [0.25, 0.3) is 0 Å². The van der Waals surface area contributed by atoms with Gasteiger partial charge in [-0.05, 0) is 104 Å². The van der Waals surface area contributed by atoms with E-state index in [1.54, 1.807) is 13.2 Å². The van der Waals surface area contributed by atoms with Gasteiger partial charge in [-0.25, -0.2) is 4.79 Å². The van der Waals surface area contributed by atoms with Gasteiger partial charge in [-0.1, -0.05) is 79.4 Å². The predicted octanol–water partition coefficient (Wildman–Crippen LogP) is 10.4. The molecule has 2 unspecified atom stereocenters. The molecule has 2 aliphatic rings. The van der Waals surface area contributed by atoms with Gasteiger partial charge in [-0.2, -0.15) is 0 Å². The van der Waals surface area contributed by atoms with Crippen LogP contribution in [0.4, 0.5) is 0 Å². The topological polar surface area (TPSA) is 78.9 Å². The first-order valence-corrected chi connectivity index (χ1v) is 17.0. The molecule has 2 atom stereocenters. The van der Waals surface area contributed by atoms with Crippen molar-refractivity contribution in [2.45, 2.75) is 38.9 Å². The summed E-state index contributed by atoms with van der Waals surface area (Å²) in [4.78, 5) is 27.3. The van der Waals surface area contributed by atoms with Gasteiger partial charge in [0, 0.05) is 27.8 Å². The van der Waals surface area contributed by atoms with Gasteiger partial charge < -0.3 is 18.3 Å². The Morgan fingerprint density at radius 1 is 0.627 bits per heavy atom. The molecule has 0 saturated heterocycles. The molecule has 0 spiro atoms. The van der Waals surface area contributed by atoms with Crippen LogP contribution < -0.4 is 0 Å². The molecule has 250 valence electrons. The Labute approximate surface area is 295 Å². The largest absolute Gasteiger partial charge is 0.464 e. The van der Waals surface area contributed by atoms with E-state index in [9.17, 15) is 9.59 Å². The van der Waals surface area contributed by atoms with E-state index < -0.39 is 22.6 Å². The number of carbonyl (C=O) groups is 2. The molecule has 9 rings (SSSR count). The molecule has 6 nitrogen and oxygen atoms in total. The minimum Gasteiger partial charge on any atom is -0.464 e. The Kier molecular flexibility index (Phi) is 6.47. The zero-order valence-corrected chi connectivity index (χ0v) is 28.7. The van der Waals surface area contributed by atoms with Crippen LogP contribution in [0, 0.1) is 5.41 Å². The maximum Gasteiger partial charge on any atom is 0.334 e. The van der Waals surface area contributed by atoms with Crippen LogP contribution in [0.2, 0.25) is 0 Å². The molecular formula is C45H34O6. The average molecular weight is 671 g/mol. The molecule has 0 N–H and O–H groups in total. The molecule has 3 heterocycles. The minimum atomic E-state index is -1.31. The fourth-order valence-electron chi connectivity index (χ4n) is 7.78. The van der Waals surface area contributed by atoms with Crippen molar-refractivity contribution in [3.8, 4) is 33.4 Å². The molecule has 0 saturated carbocycles. The zero-order valence-electron chi connectivity index (χ0n) is 28.7. The maximum absolute atomic E-state index is 13.8. The highest BCUT2D eigenvalue weighted by molar-refractivity contribution is 5.93.